The Balaban J connectivity index is 0.00000108. The van der Waals surface area contributed by atoms with Gasteiger partial charge >= 0.3 is 0 Å². The molecule has 0 radical (unpaired) electrons. The number of rotatable bonds is 2. The summed E-state index contributed by atoms with van der Waals surface area (Å²) < 4.78 is 0. The summed E-state index contributed by atoms with van der Waals surface area (Å²) in [5, 5.41) is 9.26. The van der Waals surface area contributed by atoms with Crippen LogP contribution in [0.4, 0.5) is 0 Å². The number of hydrogen-bond acceptors (Lipinski definition) is 2. The Morgan fingerprint density at radius 1 is 1.12 bits per heavy atom. The predicted octanol–water partition coefficient (Wildman–Crippen LogP) is 2.84. The van der Waals surface area contributed by atoms with Crippen molar-refractivity contribution >= 4 is 12.4 Å². The molecule has 3 saturated heterocycles. The second-order valence-electron chi connectivity index (χ2n) is 5.24. The van der Waals surface area contributed by atoms with Gasteiger partial charge in [0.1, 0.15) is 5.75 Å². The Kier molecular flexibility index (Phi) is 3.95. The van der Waals surface area contributed by atoms with Crippen LogP contribution in [0.15, 0.2) is 24.3 Å². The SMILES string of the molecule is Cl.Oc1ccc(CC2CC3CCN2CC3)cc1. The minimum absolute atomic E-state index is 0. The van der Waals surface area contributed by atoms with E-state index >= 15 is 0 Å². The van der Waals surface area contributed by atoms with E-state index in [1.54, 1.807) is 12.1 Å². The van der Waals surface area contributed by atoms with Crippen molar-refractivity contribution in [3.05, 3.63) is 29.8 Å². The van der Waals surface area contributed by atoms with Crippen LogP contribution in [0.1, 0.15) is 24.8 Å². The van der Waals surface area contributed by atoms with Gasteiger partial charge in [0.2, 0.25) is 0 Å². The zero-order valence-corrected chi connectivity index (χ0v) is 10.8. The maximum absolute atomic E-state index is 9.26. The summed E-state index contributed by atoms with van der Waals surface area (Å²) in [7, 11) is 0. The van der Waals surface area contributed by atoms with E-state index in [4.69, 9.17) is 0 Å². The monoisotopic (exact) mass is 253 g/mol. The lowest BCUT2D eigenvalue weighted by Crippen LogP contribution is -2.49. The number of phenolic OH excluding ortho intramolecular Hbond substituents is 1. The summed E-state index contributed by atoms with van der Waals surface area (Å²) in [6, 6.07) is 8.45. The highest BCUT2D eigenvalue weighted by molar-refractivity contribution is 5.85. The Bertz CT molecular complexity index is 357. The molecular weight excluding hydrogens is 234 g/mol. The van der Waals surface area contributed by atoms with Crippen LogP contribution in [0.2, 0.25) is 0 Å². The van der Waals surface area contributed by atoms with E-state index in [0.29, 0.717) is 5.75 Å². The van der Waals surface area contributed by atoms with Crippen molar-refractivity contribution in [2.24, 2.45) is 5.92 Å². The molecule has 1 atom stereocenters. The molecule has 3 heterocycles. The number of halogens is 1. The second kappa shape index (κ2) is 5.28. The molecule has 1 aromatic carbocycles. The molecule has 3 heteroatoms. The van der Waals surface area contributed by atoms with Gasteiger partial charge in [-0.3, -0.25) is 0 Å². The fraction of sp³-hybridized carbons (Fsp3) is 0.571. The molecule has 0 aliphatic carbocycles. The molecule has 94 valence electrons. The number of fused-ring (bicyclic) bond motifs is 3. The van der Waals surface area contributed by atoms with Gasteiger partial charge in [-0.1, -0.05) is 12.1 Å². The number of phenols is 1. The quantitative estimate of drug-likeness (QED) is 0.876. The Morgan fingerprint density at radius 2 is 1.76 bits per heavy atom. The summed E-state index contributed by atoms with van der Waals surface area (Å²) in [6.45, 7) is 2.60. The molecule has 1 unspecified atom stereocenters. The van der Waals surface area contributed by atoms with Gasteiger partial charge in [0, 0.05) is 6.04 Å². The van der Waals surface area contributed by atoms with Gasteiger partial charge in [0.15, 0.2) is 0 Å². The lowest BCUT2D eigenvalue weighted by molar-refractivity contribution is 0.0498. The molecule has 17 heavy (non-hydrogen) atoms. The molecule has 1 N–H and O–H groups in total. The fourth-order valence-electron chi connectivity index (χ4n) is 3.20. The average molecular weight is 254 g/mol. The van der Waals surface area contributed by atoms with E-state index in [0.717, 1.165) is 18.4 Å². The third-order valence-electron chi connectivity index (χ3n) is 4.18. The van der Waals surface area contributed by atoms with Gasteiger partial charge in [-0.25, -0.2) is 0 Å². The summed E-state index contributed by atoms with van der Waals surface area (Å²) in [5.41, 5.74) is 1.36. The van der Waals surface area contributed by atoms with Crippen LogP contribution in [0.25, 0.3) is 0 Å². The maximum atomic E-state index is 9.26. The van der Waals surface area contributed by atoms with Crippen LogP contribution < -0.4 is 0 Å². The van der Waals surface area contributed by atoms with Crippen molar-refractivity contribution in [2.45, 2.75) is 31.7 Å². The smallest absolute Gasteiger partial charge is 0.115 e. The van der Waals surface area contributed by atoms with E-state index in [9.17, 15) is 5.11 Å². The zero-order valence-electron chi connectivity index (χ0n) is 10.0. The topological polar surface area (TPSA) is 23.5 Å². The number of aromatic hydroxyl groups is 1. The zero-order chi connectivity index (χ0) is 11.0. The average Bonchev–Trinajstić information content (AvgIpc) is 2.34. The van der Waals surface area contributed by atoms with Crippen LogP contribution in [-0.2, 0) is 6.42 Å². The third kappa shape index (κ3) is 2.75. The summed E-state index contributed by atoms with van der Waals surface area (Å²) in [4.78, 5) is 2.65. The number of piperidine rings is 3. The molecule has 0 saturated carbocycles. The van der Waals surface area contributed by atoms with Crippen molar-refractivity contribution in [2.75, 3.05) is 13.1 Å². The van der Waals surface area contributed by atoms with E-state index in [2.05, 4.69) is 17.0 Å². The van der Waals surface area contributed by atoms with Crippen LogP contribution in [0.3, 0.4) is 0 Å². The van der Waals surface area contributed by atoms with E-state index in [-0.39, 0.29) is 12.4 Å². The molecule has 1 aromatic rings. The summed E-state index contributed by atoms with van der Waals surface area (Å²) in [5.74, 6) is 1.35. The Hall–Kier alpha value is -0.730. The van der Waals surface area contributed by atoms with E-state index < -0.39 is 0 Å². The van der Waals surface area contributed by atoms with Crippen molar-refractivity contribution in [1.29, 1.82) is 0 Å². The fourth-order valence-corrected chi connectivity index (χ4v) is 3.20. The molecule has 0 spiro atoms. The molecule has 0 amide bonds. The minimum Gasteiger partial charge on any atom is -0.508 e. The second-order valence-corrected chi connectivity index (χ2v) is 5.24. The van der Waals surface area contributed by atoms with Crippen LogP contribution >= 0.6 is 12.4 Å². The lowest BCUT2D eigenvalue weighted by Gasteiger charge is -2.45. The van der Waals surface area contributed by atoms with Gasteiger partial charge in [0.05, 0.1) is 0 Å². The van der Waals surface area contributed by atoms with Crippen molar-refractivity contribution in [1.82, 2.24) is 4.90 Å². The van der Waals surface area contributed by atoms with Crippen molar-refractivity contribution < 1.29 is 5.11 Å². The van der Waals surface area contributed by atoms with Gasteiger partial charge < -0.3 is 10.0 Å². The summed E-state index contributed by atoms with van der Waals surface area (Å²) >= 11 is 0. The van der Waals surface area contributed by atoms with E-state index in [1.165, 1.54) is 37.9 Å². The lowest BCUT2D eigenvalue weighted by atomic mass is 9.81. The van der Waals surface area contributed by atoms with Gasteiger partial charge in [-0.15, -0.1) is 12.4 Å². The molecule has 3 fully saturated rings. The van der Waals surface area contributed by atoms with Crippen LogP contribution in [-0.4, -0.2) is 29.1 Å². The van der Waals surface area contributed by atoms with Crippen LogP contribution in [0.5, 0.6) is 5.75 Å². The third-order valence-corrected chi connectivity index (χ3v) is 4.18. The molecule has 0 aromatic heterocycles. The van der Waals surface area contributed by atoms with Crippen molar-refractivity contribution in [3.63, 3.8) is 0 Å². The van der Waals surface area contributed by atoms with Gasteiger partial charge in [-0.05, 0) is 62.4 Å². The normalized spacial score (nSPS) is 30.9. The van der Waals surface area contributed by atoms with Crippen LogP contribution in [0, 0.1) is 5.92 Å². The highest BCUT2D eigenvalue weighted by atomic mass is 35.5. The molecule has 4 rings (SSSR count). The first-order valence-corrected chi connectivity index (χ1v) is 6.33. The molecule has 3 aliphatic rings. The summed E-state index contributed by atoms with van der Waals surface area (Å²) in [6.07, 6.45) is 5.34. The minimum atomic E-state index is 0. The molecule has 2 bridgehead atoms. The standard InChI is InChI=1S/C14H19NO.ClH/c16-14-3-1-11(2-4-14)9-13-10-12-5-7-15(13)8-6-12;/h1-4,12-13,16H,5-10H2;1H. The predicted molar refractivity (Wildman–Crippen MR) is 71.8 cm³/mol. The van der Waals surface area contributed by atoms with E-state index in [1.807, 2.05) is 0 Å². The first-order chi connectivity index (χ1) is 7.81. The molecule has 3 aliphatic heterocycles. The maximum Gasteiger partial charge on any atom is 0.115 e. The molecule has 2 nitrogen and oxygen atoms in total. The highest BCUT2D eigenvalue weighted by Crippen LogP contribution is 2.33. The van der Waals surface area contributed by atoms with Gasteiger partial charge in [-0.2, -0.15) is 0 Å². The van der Waals surface area contributed by atoms with Crippen molar-refractivity contribution in [3.8, 4) is 5.75 Å². The van der Waals surface area contributed by atoms with Gasteiger partial charge in [0.25, 0.3) is 0 Å². The number of nitrogens with zero attached hydrogens (tertiary/aromatic N) is 1. The highest BCUT2D eigenvalue weighted by Gasteiger charge is 2.33. The first kappa shape index (κ1) is 12.7. The molecular formula is C14H20ClNO. The Labute approximate surface area is 109 Å². The number of hydrogen-bond donors (Lipinski definition) is 1. The Morgan fingerprint density at radius 3 is 2.29 bits per heavy atom. The first-order valence-electron chi connectivity index (χ1n) is 6.33. The largest absolute Gasteiger partial charge is 0.508 e. The number of benzene rings is 1.